The Labute approximate surface area is 102 Å². The van der Waals surface area contributed by atoms with Gasteiger partial charge in [0.25, 0.3) is 0 Å². The van der Waals surface area contributed by atoms with Gasteiger partial charge in [0, 0.05) is 19.5 Å². The number of carbonyl (C=O) groups excluding carboxylic acids is 1. The number of carboxylic acid groups (broad SMARTS) is 1. The maximum Gasteiger partial charge on any atom is 0.323 e. The van der Waals surface area contributed by atoms with E-state index in [9.17, 15) is 9.59 Å². The molecule has 0 rings (SSSR count). The first-order valence-corrected chi connectivity index (χ1v) is 5.65. The largest absolute Gasteiger partial charge is 0.480 e. The highest BCUT2D eigenvalue weighted by atomic mass is 16.4. The molecule has 0 aromatic heterocycles. The van der Waals surface area contributed by atoms with Crippen LogP contribution in [0.25, 0.3) is 0 Å². The second-order valence-corrected chi connectivity index (χ2v) is 4.21. The minimum Gasteiger partial charge on any atom is -0.480 e. The van der Waals surface area contributed by atoms with Crippen molar-refractivity contribution in [2.45, 2.75) is 26.7 Å². The van der Waals surface area contributed by atoms with E-state index in [2.05, 4.69) is 11.2 Å². The van der Waals surface area contributed by atoms with Crippen LogP contribution in [0.5, 0.6) is 0 Å². The summed E-state index contributed by atoms with van der Waals surface area (Å²) >= 11 is 0. The van der Waals surface area contributed by atoms with Crippen LogP contribution in [0, 0.1) is 18.3 Å². The SMILES string of the molecule is C#CCCCNC(=O)N(CC(=O)O)CC(C)C. The van der Waals surface area contributed by atoms with E-state index < -0.39 is 5.97 Å². The molecule has 0 radical (unpaired) electrons. The molecule has 0 spiro atoms. The van der Waals surface area contributed by atoms with Crippen molar-refractivity contribution in [1.29, 1.82) is 0 Å². The quantitative estimate of drug-likeness (QED) is 0.518. The molecule has 2 N–H and O–H groups in total. The summed E-state index contributed by atoms with van der Waals surface area (Å²) in [4.78, 5) is 23.6. The Hall–Kier alpha value is -1.70. The molecule has 17 heavy (non-hydrogen) atoms. The summed E-state index contributed by atoms with van der Waals surface area (Å²) in [6, 6.07) is -0.349. The molecule has 0 aromatic carbocycles. The van der Waals surface area contributed by atoms with Gasteiger partial charge in [-0.15, -0.1) is 12.3 Å². The van der Waals surface area contributed by atoms with Crippen LogP contribution in [0.1, 0.15) is 26.7 Å². The third-order valence-corrected chi connectivity index (χ3v) is 1.97. The number of nitrogens with zero attached hydrogens (tertiary/aromatic N) is 1. The van der Waals surface area contributed by atoms with Gasteiger partial charge in [0.2, 0.25) is 0 Å². The monoisotopic (exact) mass is 240 g/mol. The third-order valence-electron chi connectivity index (χ3n) is 1.97. The molecule has 0 saturated heterocycles. The number of unbranched alkanes of at least 4 members (excludes halogenated alkanes) is 1. The maximum absolute atomic E-state index is 11.7. The number of carbonyl (C=O) groups is 2. The summed E-state index contributed by atoms with van der Waals surface area (Å²) in [6.07, 6.45) is 6.39. The highest BCUT2D eigenvalue weighted by Gasteiger charge is 2.17. The van der Waals surface area contributed by atoms with Gasteiger partial charge in [0.15, 0.2) is 0 Å². The lowest BCUT2D eigenvalue weighted by Crippen LogP contribution is -2.44. The summed E-state index contributed by atoms with van der Waals surface area (Å²) in [5.41, 5.74) is 0. The molecule has 0 saturated carbocycles. The fourth-order valence-corrected chi connectivity index (χ4v) is 1.32. The smallest absolute Gasteiger partial charge is 0.323 e. The van der Waals surface area contributed by atoms with Crippen molar-refractivity contribution >= 4 is 12.0 Å². The molecular weight excluding hydrogens is 220 g/mol. The molecule has 0 unspecified atom stereocenters. The molecule has 0 bridgehead atoms. The number of aliphatic carboxylic acids is 1. The topological polar surface area (TPSA) is 69.6 Å². The third kappa shape index (κ3) is 8.14. The molecule has 0 aromatic rings. The number of urea groups is 1. The minimum atomic E-state index is -1.01. The average molecular weight is 240 g/mol. The number of amides is 2. The fraction of sp³-hybridized carbons (Fsp3) is 0.667. The summed E-state index contributed by atoms with van der Waals surface area (Å²) in [5, 5.41) is 11.4. The summed E-state index contributed by atoms with van der Waals surface area (Å²) in [7, 11) is 0. The molecule has 0 aliphatic rings. The number of carboxylic acids is 1. The molecule has 0 aliphatic carbocycles. The molecule has 0 fully saturated rings. The molecule has 5 heteroatoms. The van der Waals surface area contributed by atoms with Gasteiger partial charge in [-0.1, -0.05) is 13.8 Å². The number of hydrogen-bond donors (Lipinski definition) is 2. The van der Waals surface area contributed by atoms with E-state index in [1.807, 2.05) is 13.8 Å². The lowest BCUT2D eigenvalue weighted by molar-refractivity contribution is -0.137. The van der Waals surface area contributed by atoms with E-state index >= 15 is 0 Å². The van der Waals surface area contributed by atoms with Crippen molar-refractivity contribution in [3.8, 4) is 12.3 Å². The van der Waals surface area contributed by atoms with Gasteiger partial charge in [-0.3, -0.25) is 4.79 Å². The standard InChI is InChI=1S/C12H20N2O3/c1-4-5-6-7-13-12(17)14(8-10(2)3)9-11(15)16/h1,10H,5-9H2,2-3H3,(H,13,17)(H,15,16). The molecule has 5 nitrogen and oxygen atoms in total. The van der Waals surface area contributed by atoms with Crippen molar-refractivity contribution in [1.82, 2.24) is 10.2 Å². The first kappa shape index (κ1) is 15.3. The number of nitrogens with one attached hydrogen (secondary N) is 1. The van der Waals surface area contributed by atoms with E-state index in [0.717, 1.165) is 0 Å². The Bertz CT molecular complexity index is 295. The zero-order valence-electron chi connectivity index (χ0n) is 10.4. The van der Waals surface area contributed by atoms with Gasteiger partial charge in [-0.25, -0.2) is 4.79 Å². The Morgan fingerprint density at radius 2 is 2.12 bits per heavy atom. The molecule has 0 aliphatic heterocycles. The molecule has 0 heterocycles. The predicted molar refractivity (Wildman–Crippen MR) is 65.5 cm³/mol. The second-order valence-electron chi connectivity index (χ2n) is 4.21. The van der Waals surface area contributed by atoms with Gasteiger partial charge in [0.05, 0.1) is 0 Å². The Morgan fingerprint density at radius 3 is 2.59 bits per heavy atom. The zero-order valence-corrected chi connectivity index (χ0v) is 10.4. The predicted octanol–water partition coefficient (Wildman–Crippen LogP) is 1.15. The van der Waals surface area contributed by atoms with Crippen LogP contribution in [-0.2, 0) is 4.79 Å². The Kier molecular flexibility index (Phi) is 7.61. The molecule has 2 amide bonds. The van der Waals surface area contributed by atoms with Crippen LogP contribution in [0.15, 0.2) is 0 Å². The highest BCUT2D eigenvalue weighted by molar-refractivity contribution is 5.80. The van der Waals surface area contributed by atoms with Gasteiger partial charge in [-0.05, 0) is 12.3 Å². The fourth-order valence-electron chi connectivity index (χ4n) is 1.32. The minimum absolute atomic E-state index is 0.228. The van der Waals surface area contributed by atoms with Gasteiger partial charge in [-0.2, -0.15) is 0 Å². The highest BCUT2D eigenvalue weighted by Crippen LogP contribution is 1.99. The number of terminal acetylenes is 1. The van der Waals surface area contributed by atoms with E-state index in [1.165, 1.54) is 4.90 Å². The molecule has 0 atom stereocenters. The number of hydrogen-bond acceptors (Lipinski definition) is 2. The Balaban J connectivity index is 4.13. The normalized spacial score (nSPS) is 9.76. The van der Waals surface area contributed by atoms with Crippen molar-refractivity contribution in [3.05, 3.63) is 0 Å². The second kappa shape index (κ2) is 8.45. The van der Waals surface area contributed by atoms with Gasteiger partial charge >= 0.3 is 12.0 Å². The van der Waals surface area contributed by atoms with E-state index in [0.29, 0.717) is 25.9 Å². The average Bonchev–Trinajstić information content (AvgIpc) is 2.22. The van der Waals surface area contributed by atoms with E-state index in [-0.39, 0.29) is 18.5 Å². The van der Waals surface area contributed by atoms with Crippen LogP contribution in [-0.4, -0.2) is 41.6 Å². The lowest BCUT2D eigenvalue weighted by Gasteiger charge is -2.22. The molecular formula is C12H20N2O3. The molecule has 96 valence electrons. The van der Waals surface area contributed by atoms with E-state index in [1.54, 1.807) is 0 Å². The maximum atomic E-state index is 11.7. The van der Waals surface area contributed by atoms with Crippen molar-refractivity contribution in [3.63, 3.8) is 0 Å². The first-order valence-electron chi connectivity index (χ1n) is 5.65. The van der Waals surface area contributed by atoms with Crippen molar-refractivity contribution < 1.29 is 14.7 Å². The van der Waals surface area contributed by atoms with Crippen LogP contribution >= 0.6 is 0 Å². The summed E-state index contributed by atoms with van der Waals surface area (Å²) < 4.78 is 0. The number of rotatable bonds is 7. The summed E-state index contributed by atoms with van der Waals surface area (Å²) in [6.45, 7) is 4.48. The van der Waals surface area contributed by atoms with Crippen LogP contribution < -0.4 is 5.32 Å². The zero-order chi connectivity index (χ0) is 13.3. The van der Waals surface area contributed by atoms with E-state index in [4.69, 9.17) is 11.5 Å². The lowest BCUT2D eigenvalue weighted by atomic mass is 10.2. The van der Waals surface area contributed by atoms with Gasteiger partial charge in [0.1, 0.15) is 6.54 Å². The Morgan fingerprint density at radius 1 is 1.47 bits per heavy atom. The van der Waals surface area contributed by atoms with Crippen molar-refractivity contribution in [2.75, 3.05) is 19.6 Å². The first-order chi connectivity index (χ1) is 7.97. The van der Waals surface area contributed by atoms with Crippen molar-refractivity contribution in [2.24, 2.45) is 5.92 Å². The van der Waals surface area contributed by atoms with Gasteiger partial charge < -0.3 is 15.3 Å². The van der Waals surface area contributed by atoms with Crippen LogP contribution in [0.3, 0.4) is 0 Å². The summed E-state index contributed by atoms with van der Waals surface area (Å²) in [5.74, 6) is 1.69. The van der Waals surface area contributed by atoms with Crippen LogP contribution in [0.4, 0.5) is 4.79 Å². The van der Waals surface area contributed by atoms with Crippen LogP contribution in [0.2, 0.25) is 0 Å².